The summed E-state index contributed by atoms with van der Waals surface area (Å²) in [5.41, 5.74) is 0.797. The molecule has 0 aliphatic rings. The Labute approximate surface area is 115 Å². The zero-order valence-corrected chi connectivity index (χ0v) is 11.2. The Kier molecular flexibility index (Phi) is 3.96. The molecule has 1 aromatic heterocycles. The van der Waals surface area contributed by atoms with Gasteiger partial charge in [0.05, 0.1) is 5.37 Å². The Morgan fingerprint density at radius 1 is 1.06 bits per heavy atom. The third-order valence-corrected chi connectivity index (χ3v) is 3.23. The molecule has 0 saturated heterocycles. The van der Waals surface area contributed by atoms with E-state index in [2.05, 4.69) is 9.97 Å². The molecular weight excluding hydrogens is 295 g/mol. The third kappa shape index (κ3) is 2.87. The van der Waals surface area contributed by atoms with Gasteiger partial charge < -0.3 is 0 Å². The lowest BCUT2D eigenvalue weighted by Gasteiger charge is -2.04. The topological polar surface area (TPSA) is 59.9 Å². The summed E-state index contributed by atoms with van der Waals surface area (Å²) in [4.78, 5) is 8.08. The number of hydrogen-bond donors (Lipinski definition) is 0. The van der Waals surface area contributed by atoms with Gasteiger partial charge in [0, 0.05) is 5.56 Å². The van der Waals surface area contributed by atoms with Crippen molar-refractivity contribution in [3.8, 4) is 11.4 Å². The van der Waals surface area contributed by atoms with E-state index in [1.165, 1.54) is 0 Å². The molecule has 0 N–H and O–H groups in total. The molecule has 0 aliphatic carbocycles. The van der Waals surface area contributed by atoms with Crippen LogP contribution in [0, 0.1) is 0 Å². The molecule has 0 radical (unpaired) electrons. The summed E-state index contributed by atoms with van der Waals surface area (Å²) < 4.78 is 21.3. The van der Waals surface area contributed by atoms with Crippen molar-refractivity contribution in [2.45, 2.75) is 0 Å². The van der Waals surface area contributed by atoms with E-state index in [0.717, 1.165) is 10.9 Å². The molecule has 7 heteroatoms. The average molecular weight is 301 g/mol. The summed E-state index contributed by atoms with van der Waals surface area (Å²) in [7, 11) is -2.41. The van der Waals surface area contributed by atoms with Crippen molar-refractivity contribution < 1.29 is 8.42 Å². The molecule has 0 saturated carbocycles. The number of nitrogens with zero attached hydrogens (tertiary/aromatic N) is 2. The van der Waals surface area contributed by atoms with E-state index in [4.69, 9.17) is 23.2 Å². The highest BCUT2D eigenvalue weighted by Gasteiger charge is 2.11. The van der Waals surface area contributed by atoms with Crippen LogP contribution < -0.4 is 0 Å². The molecule has 1 heterocycles. The number of halogens is 2. The molecule has 0 fully saturated rings. The van der Waals surface area contributed by atoms with Gasteiger partial charge in [-0.25, -0.2) is 9.97 Å². The lowest BCUT2D eigenvalue weighted by Crippen LogP contribution is -1.98. The minimum Gasteiger partial charge on any atom is -0.226 e. The highest BCUT2D eigenvalue weighted by Crippen LogP contribution is 2.25. The molecule has 0 atom stereocenters. The van der Waals surface area contributed by atoms with Gasteiger partial charge in [0.2, 0.25) is 10.3 Å². The summed E-state index contributed by atoms with van der Waals surface area (Å²) in [5.74, 6) is 0.321. The van der Waals surface area contributed by atoms with E-state index in [0.29, 0.717) is 5.82 Å². The van der Waals surface area contributed by atoms with E-state index in [1.54, 1.807) is 12.1 Å². The Balaban J connectivity index is 2.65. The Morgan fingerprint density at radius 2 is 1.72 bits per heavy atom. The first-order valence-corrected chi connectivity index (χ1v) is 6.68. The van der Waals surface area contributed by atoms with Gasteiger partial charge in [-0.1, -0.05) is 53.5 Å². The van der Waals surface area contributed by atoms with Crippen LogP contribution in [0.4, 0.5) is 0 Å². The molecule has 0 bridgehead atoms. The number of hydrogen-bond acceptors (Lipinski definition) is 4. The van der Waals surface area contributed by atoms with E-state index in [1.807, 2.05) is 18.2 Å². The lowest BCUT2D eigenvalue weighted by molar-refractivity contribution is 0.627. The summed E-state index contributed by atoms with van der Waals surface area (Å²) in [6.07, 6.45) is 0. The normalized spacial score (nSPS) is 10.1. The monoisotopic (exact) mass is 300 g/mol. The smallest absolute Gasteiger partial charge is 0.216 e. The number of benzene rings is 1. The van der Waals surface area contributed by atoms with Crippen LogP contribution in [-0.4, -0.2) is 23.8 Å². The first kappa shape index (κ1) is 13.0. The largest absolute Gasteiger partial charge is 0.226 e. The SMILES string of the molecule is O=S(=O)=Cc1nc(-c2ccccc2)nc(Cl)c1Cl. The molecule has 0 unspecified atom stereocenters. The first-order chi connectivity index (χ1) is 8.58. The van der Waals surface area contributed by atoms with Gasteiger partial charge >= 0.3 is 0 Å². The summed E-state index contributed by atoms with van der Waals surface area (Å²) in [6, 6.07) is 9.06. The summed E-state index contributed by atoms with van der Waals surface area (Å²) in [6.45, 7) is 0. The van der Waals surface area contributed by atoms with E-state index >= 15 is 0 Å². The molecule has 0 spiro atoms. The van der Waals surface area contributed by atoms with Crippen molar-refractivity contribution >= 4 is 38.9 Å². The van der Waals surface area contributed by atoms with Crippen molar-refractivity contribution in [2.24, 2.45) is 0 Å². The second kappa shape index (κ2) is 5.48. The molecule has 18 heavy (non-hydrogen) atoms. The minimum absolute atomic E-state index is 0.0144. The highest BCUT2D eigenvalue weighted by atomic mass is 35.5. The van der Waals surface area contributed by atoms with E-state index < -0.39 is 10.3 Å². The number of aromatic nitrogens is 2. The predicted octanol–water partition coefficient (Wildman–Crippen LogP) is 2.48. The molecule has 1 aromatic carbocycles. The fourth-order valence-corrected chi connectivity index (χ4v) is 2.05. The molecule has 2 aromatic rings. The van der Waals surface area contributed by atoms with Crippen molar-refractivity contribution in [3.63, 3.8) is 0 Å². The van der Waals surface area contributed by atoms with Gasteiger partial charge in [0.15, 0.2) is 11.0 Å². The first-order valence-electron chi connectivity index (χ1n) is 4.79. The van der Waals surface area contributed by atoms with Crippen molar-refractivity contribution in [2.75, 3.05) is 0 Å². The molecule has 92 valence electrons. The Bertz CT molecular complexity index is 707. The van der Waals surface area contributed by atoms with Crippen molar-refractivity contribution in [1.29, 1.82) is 0 Å². The third-order valence-electron chi connectivity index (χ3n) is 2.08. The van der Waals surface area contributed by atoms with Crippen LogP contribution in [0.25, 0.3) is 11.4 Å². The van der Waals surface area contributed by atoms with Gasteiger partial charge in [0.1, 0.15) is 10.7 Å². The second-order valence-corrected chi connectivity index (χ2v) is 4.77. The van der Waals surface area contributed by atoms with Crippen LogP contribution in [0.15, 0.2) is 30.3 Å². The minimum atomic E-state index is -2.41. The van der Waals surface area contributed by atoms with Crippen LogP contribution in [0.2, 0.25) is 10.2 Å². The van der Waals surface area contributed by atoms with Crippen LogP contribution in [0.1, 0.15) is 5.69 Å². The van der Waals surface area contributed by atoms with E-state index in [-0.39, 0.29) is 15.9 Å². The molecule has 0 amide bonds. The van der Waals surface area contributed by atoms with Crippen LogP contribution >= 0.6 is 23.2 Å². The summed E-state index contributed by atoms with van der Waals surface area (Å²) in [5, 5.41) is 0.922. The second-order valence-electron chi connectivity index (χ2n) is 3.28. The molecule has 4 nitrogen and oxygen atoms in total. The van der Waals surface area contributed by atoms with Gasteiger partial charge in [-0.3, -0.25) is 0 Å². The van der Waals surface area contributed by atoms with Crippen molar-refractivity contribution in [3.05, 3.63) is 46.2 Å². The van der Waals surface area contributed by atoms with Gasteiger partial charge in [-0.2, -0.15) is 8.42 Å². The Morgan fingerprint density at radius 3 is 2.33 bits per heavy atom. The maximum absolute atomic E-state index is 10.7. The van der Waals surface area contributed by atoms with Gasteiger partial charge in [-0.05, 0) is 0 Å². The quantitative estimate of drug-likeness (QED) is 0.631. The maximum atomic E-state index is 10.7. The fourth-order valence-electron chi connectivity index (χ4n) is 1.32. The zero-order valence-electron chi connectivity index (χ0n) is 8.84. The van der Waals surface area contributed by atoms with Crippen LogP contribution in [0.3, 0.4) is 0 Å². The zero-order chi connectivity index (χ0) is 13.1. The molecule has 0 aliphatic heterocycles. The molecular formula is C11H6Cl2N2O2S. The lowest BCUT2D eigenvalue weighted by atomic mass is 10.2. The molecule has 2 rings (SSSR count). The highest BCUT2D eigenvalue weighted by molar-refractivity contribution is 7.71. The van der Waals surface area contributed by atoms with Crippen LogP contribution in [-0.2, 0) is 10.3 Å². The Hall–Kier alpha value is -1.43. The van der Waals surface area contributed by atoms with Gasteiger partial charge in [-0.15, -0.1) is 0 Å². The van der Waals surface area contributed by atoms with Gasteiger partial charge in [0.25, 0.3) is 0 Å². The maximum Gasteiger partial charge on any atom is 0.216 e. The fraction of sp³-hybridized carbons (Fsp3) is 0. The number of rotatable bonds is 2. The average Bonchev–Trinajstić information content (AvgIpc) is 2.35. The van der Waals surface area contributed by atoms with Crippen LogP contribution in [0.5, 0.6) is 0 Å². The standard InChI is InChI=1S/C11H6Cl2N2O2S/c12-9-8(6-18(16)17)14-11(15-10(9)13)7-4-2-1-3-5-7/h1-6H. The van der Waals surface area contributed by atoms with E-state index in [9.17, 15) is 8.42 Å². The summed E-state index contributed by atoms with van der Waals surface area (Å²) >= 11 is 11.7. The van der Waals surface area contributed by atoms with Crippen molar-refractivity contribution in [1.82, 2.24) is 9.97 Å². The predicted molar refractivity (Wildman–Crippen MR) is 71.6 cm³/mol.